The maximum absolute atomic E-state index is 12.6. The fraction of sp³-hybridized carbons (Fsp3) is 0.409. The molecule has 1 amide bonds. The first-order chi connectivity index (χ1) is 14.0. The second-order valence-electron chi connectivity index (χ2n) is 7.27. The van der Waals surface area contributed by atoms with Gasteiger partial charge in [-0.25, -0.2) is 0 Å². The molecule has 1 aliphatic heterocycles. The van der Waals surface area contributed by atoms with Crippen LogP contribution in [0.1, 0.15) is 50.3 Å². The van der Waals surface area contributed by atoms with Crippen molar-refractivity contribution in [1.29, 1.82) is 0 Å². The van der Waals surface area contributed by atoms with Crippen LogP contribution >= 0.6 is 11.8 Å². The van der Waals surface area contributed by atoms with Gasteiger partial charge >= 0.3 is 0 Å². The Morgan fingerprint density at radius 3 is 2.55 bits per heavy atom. The standard InChI is InChI=1S/C22H26N2O4S/c1-3-22(4-2)13-19(18-7-5-6-8-20(18)28-22)23-21(25)15-29-14-16-9-11-17(12-10-16)24(26)27/h5-12,19H,3-4,13-15H2,1-2H3,(H,23,25)/t19-/m1/s1. The van der Waals surface area contributed by atoms with E-state index in [1.807, 2.05) is 24.3 Å². The number of amides is 1. The third-order valence-corrected chi connectivity index (χ3v) is 6.47. The Morgan fingerprint density at radius 2 is 1.90 bits per heavy atom. The maximum Gasteiger partial charge on any atom is 0.269 e. The molecule has 29 heavy (non-hydrogen) atoms. The monoisotopic (exact) mass is 414 g/mol. The number of carbonyl (C=O) groups excluding carboxylic acids is 1. The highest BCUT2D eigenvalue weighted by molar-refractivity contribution is 7.99. The van der Waals surface area contributed by atoms with E-state index in [9.17, 15) is 14.9 Å². The number of nitro benzene ring substituents is 1. The number of ether oxygens (including phenoxy) is 1. The lowest BCUT2D eigenvalue weighted by atomic mass is 9.83. The smallest absolute Gasteiger partial charge is 0.269 e. The Hall–Kier alpha value is -2.54. The summed E-state index contributed by atoms with van der Waals surface area (Å²) in [5.41, 5.74) is 1.81. The van der Waals surface area contributed by atoms with Crippen LogP contribution in [0.5, 0.6) is 5.75 Å². The highest BCUT2D eigenvalue weighted by Gasteiger charge is 2.38. The quantitative estimate of drug-likeness (QED) is 0.484. The number of para-hydroxylation sites is 1. The van der Waals surface area contributed by atoms with Gasteiger partial charge < -0.3 is 10.1 Å². The van der Waals surface area contributed by atoms with E-state index in [2.05, 4.69) is 19.2 Å². The number of benzene rings is 2. The van der Waals surface area contributed by atoms with Gasteiger partial charge in [-0.2, -0.15) is 0 Å². The van der Waals surface area contributed by atoms with Crippen molar-refractivity contribution in [2.24, 2.45) is 0 Å². The van der Waals surface area contributed by atoms with Crippen molar-refractivity contribution in [1.82, 2.24) is 5.32 Å². The molecule has 0 saturated heterocycles. The molecule has 1 aliphatic rings. The van der Waals surface area contributed by atoms with Crippen molar-refractivity contribution in [2.45, 2.75) is 50.5 Å². The second kappa shape index (κ2) is 9.31. The molecular formula is C22H26N2O4S. The fourth-order valence-electron chi connectivity index (χ4n) is 3.64. The normalized spacial score (nSPS) is 17.1. The molecule has 0 saturated carbocycles. The molecule has 0 aromatic heterocycles. The van der Waals surface area contributed by atoms with Crippen LogP contribution in [0.4, 0.5) is 5.69 Å². The molecular weight excluding hydrogens is 388 g/mol. The molecule has 0 bridgehead atoms. The molecule has 154 valence electrons. The van der Waals surface area contributed by atoms with Crippen molar-refractivity contribution in [3.05, 3.63) is 69.8 Å². The molecule has 2 aromatic carbocycles. The molecule has 2 aromatic rings. The Labute approximate surface area is 175 Å². The molecule has 0 radical (unpaired) electrons. The van der Waals surface area contributed by atoms with E-state index < -0.39 is 4.92 Å². The lowest BCUT2D eigenvalue weighted by Crippen LogP contribution is -2.44. The average molecular weight is 415 g/mol. The van der Waals surface area contributed by atoms with E-state index in [0.717, 1.165) is 36.1 Å². The topological polar surface area (TPSA) is 81.5 Å². The van der Waals surface area contributed by atoms with Crippen LogP contribution in [-0.4, -0.2) is 22.2 Å². The number of hydrogen-bond acceptors (Lipinski definition) is 5. The minimum Gasteiger partial charge on any atom is -0.487 e. The number of carbonyl (C=O) groups is 1. The molecule has 0 aliphatic carbocycles. The number of thioether (sulfide) groups is 1. The summed E-state index contributed by atoms with van der Waals surface area (Å²) < 4.78 is 6.29. The van der Waals surface area contributed by atoms with E-state index in [1.54, 1.807) is 12.1 Å². The zero-order chi connectivity index (χ0) is 20.9. The van der Waals surface area contributed by atoms with Gasteiger partial charge in [-0.3, -0.25) is 14.9 Å². The minimum absolute atomic E-state index is 0.0141. The van der Waals surface area contributed by atoms with Crippen molar-refractivity contribution in [2.75, 3.05) is 5.75 Å². The van der Waals surface area contributed by atoms with E-state index >= 15 is 0 Å². The van der Waals surface area contributed by atoms with E-state index in [1.165, 1.54) is 23.9 Å². The van der Waals surface area contributed by atoms with Gasteiger partial charge in [-0.1, -0.05) is 44.2 Å². The number of nitro groups is 1. The molecule has 6 nitrogen and oxygen atoms in total. The lowest BCUT2D eigenvalue weighted by Gasteiger charge is -2.41. The Kier molecular flexibility index (Phi) is 6.79. The van der Waals surface area contributed by atoms with E-state index in [-0.39, 0.29) is 23.2 Å². The molecule has 0 spiro atoms. The van der Waals surface area contributed by atoms with E-state index in [0.29, 0.717) is 11.5 Å². The highest BCUT2D eigenvalue weighted by atomic mass is 32.2. The maximum atomic E-state index is 12.6. The highest BCUT2D eigenvalue weighted by Crippen LogP contribution is 2.42. The summed E-state index contributed by atoms with van der Waals surface area (Å²) in [4.78, 5) is 22.9. The summed E-state index contributed by atoms with van der Waals surface area (Å²) in [6, 6.07) is 14.3. The van der Waals surface area contributed by atoms with Gasteiger partial charge in [0, 0.05) is 29.9 Å². The number of rotatable bonds is 8. The van der Waals surface area contributed by atoms with Crippen molar-refractivity contribution in [3.63, 3.8) is 0 Å². The van der Waals surface area contributed by atoms with Crippen molar-refractivity contribution < 1.29 is 14.5 Å². The van der Waals surface area contributed by atoms with Crippen LogP contribution in [0.2, 0.25) is 0 Å². The second-order valence-corrected chi connectivity index (χ2v) is 8.26. The number of nitrogens with zero attached hydrogens (tertiary/aromatic N) is 1. The molecule has 1 N–H and O–H groups in total. The third kappa shape index (κ3) is 5.09. The SMILES string of the molecule is CCC1(CC)C[C@@H](NC(=O)CSCc2ccc([N+](=O)[O-])cc2)c2ccccc2O1. The van der Waals surface area contributed by atoms with Crippen molar-refractivity contribution in [3.8, 4) is 5.75 Å². The molecule has 7 heteroatoms. The lowest BCUT2D eigenvalue weighted by molar-refractivity contribution is -0.384. The average Bonchev–Trinajstić information content (AvgIpc) is 2.74. The summed E-state index contributed by atoms with van der Waals surface area (Å²) >= 11 is 1.50. The van der Waals surface area contributed by atoms with Crippen molar-refractivity contribution >= 4 is 23.4 Å². The van der Waals surface area contributed by atoms with Crippen LogP contribution < -0.4 is 10.1 Å². The van der Waals surface area contributed by atoms with Crippen LogP contribution in [0.3, 0.4) is 0 Å². The first-order valence-electron chi connectivity index (χ1n) is 9.84. The molecule has 0 unspecified atom stereocenters. The number of hydrogen-bond donors (Lipinski definition) is 1. The first-order valence-corrected chi connectivity index (χ1v) is 11.0. The summed E-state index contributed by atoms with van der Waals surface area (Å²) in [6.45, 7) is 4.24. The number of nitrogens with one attached hydrogen (secondary N) is 1. The molecule has 1 heterocycles. The minimum atomic E-state index is -0.414. The van der Waals surface area contributed by atoms with Gasteiger partial charge in [-0.05, 0) is 24.5 Å². The van der Waals surface area contributed by atoms with Gasteiger partial charge in [-0.15, -0.1) is 11.8 Å². The largest absolute Gasteiger partial charge is 0.487 e. The Morgan fingerprint density at radius 1 is 1.21 bits per heavy atom. The fourth-order valence-corrected chi connectivity index (χ4v) is 4.44. The van der Waals surface area contributed by atoms with Gasteiger partial charge in [0.25, 0.3) is 5.69 Å². The van der Waals surface area contributed by atoms with Crippen LogP contribution in [0.25, 0.3) is 0 Å². The van der Waals surface area contributed by atoms with Gasteiger partial charge in [0.2, 0.25) is 5.91 Å². The first kappa shape index (κ1) is 21.2. The van der Waals surface area contributed by atoms with Crippen LogP contribution in [0.15, 0.2) is 48.5 Å². The predicted octanol–water partition coefficient (Wildman–Crippen LogP) is 5.03. The number of fused-ring (bicyclic) bond motifs is 1. The molecule has 3 rings (SSSR count). The molecule has 0 fully saturated rings. The van der Waals surface area contributed by atoms with Gasteiger partial charge in [0.05, 0.1) is 16.7 Å². The van der Waals surface area contributed by atoms with Crippen LogP contribution in [0, 0.1) is 10.1 Å². The van der Waals surface area contributed by atoms with Gasteiger partial charge in [0.15, 0.2) is 0 Å². The Bertz CT molecular complexity index is 865. The predicted molar refractivity (Wildman–Crippen MR) is 115 cm³/mol. The van der Waals surface area contributed by atoms with Gasteiger partial charge in [0.1, 0.15) is 11.4 Å². The zero-order valence-corrected chi connectivity index (χ0v) is 17.5. The summed E-state index contributed by atoms with van der Waals surface area (Å²) in [5.74, 6) is 1.80. The number of non-ortho nitro benzene ring substituents is 1. The summed E-state index contributed by atoms with van der Waals surface area (Å²) in [5, 5.41) is 13.9. The summed E-state index contributed by atoms with van der Waals surface area (Å²) in [7, 11) is 0. The zero-order valence-electron chi connectivity index (χ0n) is 16.7. The van der Waals surface area contributed by atoms with Crippen LogP contribution in [-0.2, 0) is 10.5 Å². The Balaban J connectivity index is 1.58. The van der Waals surface area contributed by atoms with E-state index in [4.69, 9.17) is 4.74 Å². The summed E-state index contributed by atoms with van der Waals surface area (Å²) in [6.07, 6.45) is 2.54. The molecule has 1 atom stereocenters. The third-order valence-electron chi connectivity index (χ3n) is 5.47.